The molecule has 3 N–H and O–H groups in total. The lowest BCUT2D eigenvalue weighted by Gasteiger charge is -2.21. The molecule has 0 heterocycles. The Bertz CT molecular complexity index is 299. The predicted octanol–water partition coefficient (Wildman–Crippen LogP) is 0.354. The average Bonchev–Trinajstić information content (AvgIpc) is 3.10. The summed E-state index contributed by atoms with van der Waals surface area (Å²) >= 11 is 0. The van der Waals surface area contributed by atoms with Crippen LogP contribution in [0.25, 0.3) is 0 Å². The molecule has 2 aliphatic rings. The molecule has 0 saturated heterocycles. The van der Waals surface area contributed by atoms with Crippen molar-refractivity contribution in [3.63, 3.8) is 0 Å². The summed E-state index contributed by atoms with van der Waals surface area (Å²) in [4.78, 5) is 21.9. The molecule has 17 heavy (non-hydrogen) atoms. The highest BCUT2D eigenvalue weighted by atomic mass is 16.4. The average molecular weight is 240 g/mol. The van der Waals surface area contributed by atoms with E-state index in [1.807, 2.05) is 0 Å². The quantitative estimate of drug-likeness (QED) is 0.600. The van der Waals surface area contributed by atoms with Crippen LogP contribution in [0, 0.1) is 11.8 Å². The van der Waals surface area contributed by atoms with Crippen LogP contribution in [0.1, 0.15) is 32.6 Å². The molecule has 0 bridgehead atoms. The highest BCUT2D eigenvalue weighted by molar-refractivity contribution is 5.82. The molecular formula is C12H20N2O3. The van der Waals surface area contributed by atoms with E-state index in [1.165, 1.54) is 32.6 Å². The molecule has 0 aromatic heterocycles. The standard InChI is InChI=1S/C12H20N2O3/c1-7(15)14-10(12(16)17)6-13-11(8-2-3-8)9-4-5-9/h8-11,13H,2-6H2,1H3,(H,14,15)(H,16,17). The molecule has 0 radical (unpaired) electrons. The number of hydrogen-bond donors (Lipinski definition) is 3. The van der Waals surface area contributed by atoms with E-state index in [0.717, 1.165) is 11.8 Å². The van der Waals surface area contributed by atoms with E-state index in [1.54, 1.807) is 0 Å². The smallest absolute Gasteiger partial charge is 0.327 e. The van der Waals surface area contributed by atoms with Gasteiger partial charge in [0.05, 0.1) is 0 Å². The van der Waals surface area contributed by atoms with Crippen LogP contribution in [-0.4, -0.2) is 35.6 Å². The highest BCUT2D eigenvalue weighted by Crippen LogP contribution is 2.44. The first-order valence-electron chi connectivity index (χ1n) is 6.31. The van der Waals surface area contributed by atoms with Crippen LogP contribution in [0.4, 0.5) is 0 Å². The van der Waals surface area contributed by atoms with Crippen molar-refractivity contribution in [1.29, 1.82) is 0 Å². The summed E-state index contributed by atoms with van der Waals surface area (Å²) in [6, 6.07) is -0.349. The van der Waals surface area contributed by atoms with E-state index in [0.29, 0.717) is 12.6 Å². The number of hydrogen-bond acceptors (Lipinski definition) is 3. The minimum atomic E-state index is -0.974. The molecule has 2 rings (SSSR count). The molecule has 1 amide bonds. The highest BCUT2D eigenvalue weighted by Gasteiger charge is 2.41. The molecule has 2 fully saturated rings. The van der Waals surface area contributed by atoms with Crippen LogP contribution in [0.3, 0.4) is 0 Å². The van der Waals surface area contributed by atoms with Crippen molar-refractivity contribution in [3.05, 3.63) is 0 Å². The van der Waals surface area contributed by atoms with Crippen molar-refractivity contribution in [2.45, 2.75) is 44.7 Å². The number of carboxylic acid groups (broad SMARTS) is 1. The lowest BCUT2D eigenvalue weighted by Crippen LogP contribution is -2.49. The number of amides is 1. The van der Waals surface area contributed by atoms with E-state index < -0.39 is 12.0 Å². The minimum absolute atomic E-state index is 0.298. The third-order valence-electron chi connectivity index (χ3n) is 3.49. The molecule has 0 spiro atoms. The first-order valence-corrected chi connectivity index (χ1v) is 6.31. The van der Waals surface area contributed by atoms with Crippen LogP contribution in [0.2, 0.25) is 0 Å². The number of rotatable bonds is 7. The van der Waals surface area contributed by atoms with Crippen LogP contribution < -0.4 is 10.6 Å². The van der Waals surface area contributed by atoms with Crippen molar-refractivity contribution in [3.8, 4) is 0 Å². The second kappa shape index (κ2) is 5.04. The van der Waals surface area contributed by atoms with Gasteiger partial charge in [0.1, 0.15) is 6.04 Å². The van der Waals surface area contributed by atoms with Gasteiger partial charge in [-0.05, 0) is 37.5 Å². The van der Waals surface area contributed by atoms with Crippen LogP contribution in [-0.2, 0) is 9.59 Å². The number of aliphatic carboxylic acids is 1. The Morgan fingerprint density at radius 2 is 1.76 bits per heavy atom. The summed E-state index contributed by atoms with van der Waals surface area (Å²) in [6.07, 6.45) is 5.02. The van der Waals surface area contributed by atoms with E-state index in [9.17, 15) is 9.59 Å². The molecular weight excluding hydrogens is 220 g/mol. The number of carbonyl (C=O) groups is 2. The van der Waals surface area contributed by atoms with Gasteiger partial charge >= 0.3 is 5.97 Å². The van der Waals surface area contributed by atoms with Gasteiger partial charge in [-0.25, -0.2) is 4.79 Å². The summed E-state index contributed by atoms with van der Waals surface area (Å²) < 4.78 is 0. The zero-order valence-corrected chi connectivity index (χ0v) is 10.1. The normalized spacial score (nSPS) is 21.3. The molecule has 2 saturated carbocycles. The van der Waals surface area contributed by atoms with E-state index in [-0.39, 0.29) is 5.91 Å². The van der Waals surface area contributed by atoms with Gasteiger partial charge in [0.25, 0.3) is 0 Å². The Balaban J connectivity index is 1.80. The molecule has 1 atom stereocenters. The largest absolute Gasteiger partial charge is 0.480 e. The summed E-state index contributed by atoms with van der Waals surface area (Å²) in [6.45, 7) is 1.67. The van der Waals surface area contributed by atoms with Crippen molar-refractivity contribution < 1.29 is 14.7 Å². The molecule has 0 aliphatic heterocycles. The summed E-state index contributed by atoms with van der Waals surface area (Å²) in [7, 11) is 0. The third-order valence-corrected chi connectivity index (χ3v) is 3.49. The lowest BCUT2D eigenvalue weighted by atomic mass is 10.1. The monoisotopic (exact) mass is 240 g/mol. The molecule has 0 aromatic rings. The Kier molecular flexibility index (Phi) is 3.66. The number of nitrogens with one attached hydrogen (secondary N) is 2. The Morgan fingerprint density at radius 1 is 1.24 bits per heavy atom. The topological polar surface area (TPSA) is 78.4 Å². The molecule has 0 aromatic carbocycles. The minimum Gasteiger partial charge on any atom is -0.480 e. The van der Waals surface area contributed by atoms with Gasteiger partial charge in [-0.3, -0.25) is 4.79 Å². The second-order valence-electron chi connectivity index (χ2n) is 5.20. The third kappa shape index (κ3) is 3.70. The Morgan fingerprint density at radius 3 is 2.12 bits per heavy atom. The fourth-order valence-electron chi connectivity index (χ4n) is 2.33. The van der Waals surface area contributed by atoms with Crippen molar-refractivity contribution in [2.75, 3.05) is 6.54 Å². The first kappa shape index (κ1) is 12.4. The van der Waals surface area contributed by atoms with Gasteiger partial charge in [-0.2, -0.15) is 0 Å². The van der Waals surface area contributed by atoms with Crippen molar-refractivity contribution in [1.82, 2.24) is 10.6 Å². The predicted molar refractivity (Wildman–Crippen MR) is 62.5 cm³/mol. The van der Waals surface area contributed by atoms with Gasteiger partial charge in [0, 0.05) is 19.5 Å². The summed E-state index contributed by atoms with van der Waals surface area (Å²) in [5.41, 5.74) is 0. The summed E-state index contributed by atoms with van der Waals surface area (Å²) in [5, 5.41) is 14.8. The number of carbonyl (C=O) groups excluding carboxylic acids is 1. The van der Waals surface area contributed by atoms with Crippen molar-refractivity contribution in [2.24, 2.45) is 11.8 Å². The molecule has 96 valence electrons. The second-order valence-corrected chi connectivity index (χ2v) is 5.20. The zero-order chi connectivity index (χ0) is 12.4. The molecule has 5 nitrogen and oxygen atoms in total. The molecule has 5 heteroatoms. The Labute approximate surface area is 101 Å². The zero-order valence-electron chi connectivity index (χ0n) is 10.1. The SMILES string of the molecule is CC(=O)NC(CNC(C1CC1)C1CC1)C(=O)O. The number of carboxylic acids is 1. The maximum atomic E-state index is 11.0. The van der Waals surface area contributed by atoms with Gasteiger partial charge in [-0.15, -0.1) is 0 Å². The van der Waals surface area contributed by atoms with Gasteiger partial charge in [0.15, 0.2) is 0 Å². The maximum Gasteiger partial charge on any atom is 0.327 e. The molecule has 1 unspecified atom stereocenters. The molecule has 2 aliphatic carbocycles. The van der Waals surface area contributed by atoms with Gasteiger partial charge in [0.2, 0.25) is 5.91 Å². The van der Waals surface area contributed by atoms with Crippen LogP contribution >= 0.6 is 0 Å². The lowest BCUT2D eigenvalue weighted by molar-refractivity contribution is -0.141. The summed E-state index contributed by atoms with van der Waals surface area (Å²) in [5.74, 6) is 0.190. The van der Waals surface area contributed by atoms with E-state index in [4.69, 9.17) is 5.11 Å². The van der Waals surface area contributed by atoms with Crippen LogP contribution in [0.5, 0.6) is 0 Å². The van der Waals surface area contributed by atoms with E-state index in [2.05, 4.69) is 10.6 Å². The van der Waals surface area contributed by atoms with Crippen molar-refractivity contribution >= 4 is 11.9 Å². The van der Waals surface area contributed by atoms with Gasteiger partial charge in [-0.1, -0.05) is 0 Å². The van der Waals surface area contributed by atoms with Gasteiger partial charge < -0.3 is 15.7 Å². The fraction of sp³-hybridized carbons (Fsp3) is 0.833. The maximum absolute atomic E-state index is 11.0. The fourth-order valence-corrected chi connectivity index (χ4v) is 2.33. The van der Waals surface area contributed by atoms with Crippen LogP contribution in [0.15, 0.2) is 0 Å². The first-order chi connectivity index (χ1) is 8.08. The van der Waals surface area contributed by atoms with E-state index >= 15 is 0 Å². The Hall–Kier alpha value is -1.10.